The first-order chi connectivity index (χ1) is 11.9. The Labute approximate surface area is 141 Å². The molecule has 0 bridgehead atoms. The van der Waals surface area contributed by atoms with Crippen LogP contribution in [0.25, 0.3) is 5.65 Å². The molecule has 0 saturated heterocycles. The van der Waals surface area contributed by atoms with Crippen molar-refractivity contribution in [3.05, 3.63) is 60.6 Å². The van der Waals surface area contributed by atoms with Crippen LogP contribution in [0.4, 0.5) is 18.9 Å². The minimum Gasteiger partial charge on any atom is -0.484 e. The fraction of sp³-hybridized carbons (Fsp3) is 0.176. The molecule has 0 radical (unpaired) electrons. The number of alkyl halides is 3. The standard InChI is InChI=1S/C17H14F3N3O2/c18-17(19,20)11-25-14-6-4-12(5-7-14)22-16(24)10-13-2-1-3-15-21-8-9-23(13)15/h1-9H,10-11H2,(H,22,24). The molecule has 0 aliphatic carbocycles. The maximum atomic E-state index is 12.2. The van der Waals surface area contributed by atoms with Crippen molar-refractivity contribution in [1.29, 1.82) is 0 Å². The van der Waals surface area contributed by atoms with E-state index in [-0.39, 0.29) is 18.1 Å². The van der Waals surface area contributed by atoms with Crippen LogP contribution in [0.5, 0.6) is 5.75 Å². The van der Waals surface area contributed by atoms with Crippen molar-refractivity contribution in [2.75, 3.05) is 11.9 Å². The van der Waals surface area contributed by atoms with E-state index in [0.717, 1.165) is 11.3 Å². The van der Waals surface area contributed by atoms with Crippen molar-refractivity contribution in [2.24, 2.45) is 0 Å². The van der Waals surface area contributed by atoms with E-state index in [9.17, 15) is 18.0 Å². The van der Waals surface area contributed by atoms with E-state index in [1.807, 2.05) is 22.6 Å². The summed E-state index contributed by atoms with van der Waals surface area (Å²) >= 11 is 0. The van der Waals surface area contributed by atoms with Gasteiger partial charge in [0.05, 0.1) is 6.42 Å². The van der Waals surface area contributed by atoms with Crippen LogP contribution in [0.2, 0.25) is 0 Å². The Balaban J connectivity index is 1.60. The number of aromatic nitrogens is 2. The van der Waals surface area contributed by atoms with Crippen LogP contribution in [0.15, 0.2) is 54.9 Å². The van der Waals surface area contributed by atoms with Crippen LogP contribution in [0.1, 0.15) is 5.69 Å². The highest BCUT2D eigenvalue weighted by Gasteiger charge is 2.28. The Morgan fingerprint density at radius 3 is 2.64 bits per heavy atom. The van der Waals surface area contributed by atoms with Gasteiger partial charge in [0.15, 0.2) is 6.61 Å². The summed E-state index contributed by atoms with van der Waals surface area (Å²) in [7, 11) is 0. The average Bonchev–Trinajstić information content (AvgIpc) is 3.03. The van der Waals surface area contributed by atoms with Gasteiger partial charge >= 0.3 is 6.18 Å². The number of ether oxygens (including phenoxy) is 1. The second kappa shape index (κ2) is 6.84. The molecule has 0 fully saturated rings. The zero-order chi connectivity index (χ0) is 17.9. The summed E-state index contributed by atoms with van der Waals surface area (Å²) in [5.74, 6) is -0.163. The predicted octanol–water partition coefficient (Wildman–Crippen LogP) is 3.46. The lowest BCUT2D eigenvalue weighted by atomic mass is 10.2. The summed E-state index contributed by atoms with van der Waals surface area (Å²) in [6.45, 7) is -1.35. The highest BCUT2D eigenvalue weighted by molar-refractivity contribution is 5.92. The number of imidazole rings is 1. The number of halogens is 3. The minimum absolute atomic E-state index is 0.0820. The second-order valence-electron chi connectivity index (χ2n) is 5.33. The molecular formula is C17H14F3N3O2. The first-order valence-corrected chi connectivity index (χ1v) is 7.41. The van der Waals surface area contributed by atoms with Gasteiger partial charge in [-0.2, -0.15) is 13.2 Å². The van der Waals surface area contributed by atoms with E-state index < -0.39 is 12.8 Å². The number of hydrogen-bond acceptors (Lipinski definition) is 3. The molecule has 25 heavy (non-hydrogen) atoms. The molecule has 0 spiro atoms. The first kappa shape index (κ1) is 16.8. The fourth-order valence-corrected chi connectivity index (χ4v) is 2.32. The van der Waals surface area contributed by atoms with Crippen LogP contribution >= 0.6 is 0 Å². The first-order valence-electron chi connectivity index (χ1n) is 7.41. The van der Waals surface area contributed by atoms with Crippen molar-refractivity contribution in [3.8, 4) is 5.75 Å². The van der Waals surface area contributed by atoms with Gasteiger partial charge in [0, 0.05) is 23.8 Å². The molecular weight excluding hydrogens is 335 g/mol. The van der Waals surface area contributed by atoms with E-state index in [4.69, 9.17) is 0 Å². The smallest absolute Gasteiger partial charge is 0.422 e. The summed E-state index contributed by atoms with van der Waals surface area (Å²) in [6.07, 6.45) is -0.831. The molecule has 1 N–H and O–H groups in total. The van der Waals surface area contributed by atoms with Gasteiger partial charge in [-0.25, -0.2) is 4.98 Å². The molecule has 3 aromatic rings. The van der Waals surface area contributed by atoms with Crippen LogP contribution in [-0.2, 0) is 11.2 Å². The molecule has 8 heteroatoms. The quantitative estimate of drug-likeness (QED) is 0.768. The highest BCUT2D eigenvalue weighted by Crippen LogP contribution is 2.20. The molecule has 0 atom stereocenters. The van der Waals surface area contributed by atoms with E-state index >= 15 is 0 Å². The third-order valence-corrected chi connectivity index (χ3v) is 3.39. The maximum absolute atomic E-state index is 12.2. The van der Waals surface area contributed by atoms with Gasteiger partial charge in [-0.1, -0.05) is 6.07 Å². The minimum atomic E-state index is -4.39. The Morgan fingerprint density at radius 1 is 1.16 bits per heavy atom. The van der Waals surface area contributed by atoms with Crippen LogP contribution in [0, 0.1) is 0 Å². The maximum Gasteiger partial charge on any atom is 0.422 e. The molecule has 0 aliphatic heterocycles. The van der Waals surface area contributed by atoms with Crippen LogP contribution < -0.4 is 10.1 Å². The van der Waals surface area contributed by atoms with Gasteiger partial charge in [-0.15, -0.1) is 0 Å². The number of nitrogens with one attached hydrogen (secondary N) is 1. The number of pyridine rings is 1. The fourth-order valence-electron chi connectivity index (χ4n) is 2.32. The lowest BCUT2D eigenvalue weighted by Gasteiger charge is -2.10. The molecule has 0 aliphatic rings. The van der Waals surface area contributed by atoms with Crippen molar-refractivity contribution in [3.63, 3.8) is 0 Å². The Bertz CT molecular complexity index is 873. The SMILES string of the molecule is O=C(Cc1cccc2nccn12)Nc1ccc(OCC(F)(F)F)cc1. The number of carbonyl (C=O) groups is 1. The normalized spacial score (nSPS) is 11.5. The zero-order valence-corrected chi connectivity index (χ0v) is 13.0. The number of amides is 1. The van der Waals surface area contributed by atoms with Crippen LogP contribution in [-0.4, -0.2) is 28.1 Å². The largest absolute Gasteiger partial charge is 0.484 e. The predicted molar refractivity (Wildman–Crippen MR) is 85.5 cm³/mol. The molecule has 2 heterocycles. The van der Waals surface area contributed by atoms with Crippen molar-refractivity contribution in [2.45, 2.75) is 12.6 Å². The van der Waals surface area contributed by atoms with Gasteiger partial charge in [0.1, 0.15) is 11.4 Å². The lowest BCUT2D eigenvalue weighted by Crippen LogP contribution is -2.19. The van der Waals surface area contributed by atoms with Gasteiger partial charge < -0.3 is 14.5 Å². The van der Waals surface area contributed by atoms with Gasteiger partial charge in [-0.3, -0.25) is 4.79 Å². The molecule has 1 amide bonds. The summed E-state index contributed by atoms with van der Waals surface area (Å²) in [5.41, 5.74) is 2.00. The van der Waals surface area contributed by atoms with Crippen molar-refractivity contribution < 1.29 is 22.7 Å². The Morgan fingerprint density at radius 2 is 1.92 bits per heavy atom. The monoisotopic (exact) mass is 349 g/mol. The number of benzene rings is 1. The zero-order valence-electron chi connectivity index (χ0n) is 13.0. The number of fused-ring (bicyclic) bond motifs is 1. The van der Waals surface area contributed by atoms with Gasteiger partial charge in [0.25, 0.3) is 0 Å². The summed E-state index contributed by atoms with van der Waals surface area (Å²) in [5, 5.41) is 2.70. The summed E-state index contributed by atoms with van der Waals surface area (Å²) < 4.78 is 42.7. The average molecular weight is 349 g/mol. The van der Waals surface area contributed by atoms with E-state index in [1.165, 1.54) is 24.3 Å². The number of carbonyl (C=O) groups excluding carboxylic acids is 1. The third-order valence-electron chi connectivity index (χ3n) is 3.39. The number of hydrogen-bond donors (Lipinski definition) is 1. The topological polar surface area (TPSA) is 55.6 Å². The molecule has 0 saturated carbocycles. The van der Waals surface area contributed by atoms with Gasteiger partial charge in [-0.05, 0) is 36.4 Å². The summed E-state index contributed by atoms with van der Waals surface area (Å²) in [4.78, 5) is 16.3. The number of nitrogens with zero attached hydrogens (tertiary/aromatic N) is 2. The second-order valence-corrected chi connectivity index (χ2v) is 5.33. The van der Waals surface area contributed by atoms with E-state index in [1.54, 1.807) is 12.4 Å². The van der Waals surface area contributed by atoms with Gasteiger partial charge in [0.2, 0.25) is 5.91 Å². The van der Waals surface area contributed by atoms with E-state index in [2.05, 4.69) is 15.0 Å². The van der Waals surface area contributed by atoms with Crippen molar-refractivity contribution in [1.82, 2.24) is 9.38 Å². The molecule has 1 aromatic carbocycles. The lowest BCUT2D eigenvalue weighted by molar-refractivity contribution is -0.153. The molecule has 0 unspecified atom stereocenters. The Kier molecular flexibility index (Phi) is 4.60. The van der Waals surface area contributed by atoms with E-state index in [0.29, 0.717) is 5.69 Å². The molecule has 2 aromatic heterocycles. The third kappa shape index (κ3) is 4.50. The summed E-state index contributed by atoms with van der Waals surface area (Å²) in [6, 6.07) is 11.2. The number of anilines is 1. The van der Waals surface area contributed by atoms with Crippen LogP contribution in [0.3, 0.4) is 0 Å². The number of rotatable bonds is 5. The molecule has 3 rings (SSSR count). The Hall–Kier alpha value is -3.03. The molecule has 130 valence electrons. The van der Waals surface area contributed by atoms with Crippen molar-refractivity contribution >= 4 is 17.2 Å². The highest BCUT2D eigenvalue weighted by atomic mass is 19.4. The molecule has 5 nitrogen and oxygen atoms in total.